The summed E-state index contributed by atoms with van der Waals surface area (Å²) in [6.45, 7) is 1.96. The first kappa shape index (κ1) is 12.0. The van der Waals surface area contributed by atoms with Gasteiger partial charge in [0.1, 0.15) is 5.69 Å². The number of pyridine rings is 1. The van der Waals surface area contributed by atoms with Gasteiger partial charge in [-0.25, -0.2) is 9.78 Å². The SMILES string of the molecule is NC(c1ccnc(C(=O)O)c1)C1CCNCC1. The molecule has 1 unspecified atom stereocenters. The summed E-state index contributed by atoms with van der Waals surface area (Å²) in [7, 11) is 0. The topological polar surface area (TPSA) is 88.2 Å². The fourth-order valence-corrected chi connectivity index (χ4v) is 2.25. The van der Waals surface area contributed by atoms with Crippen LogP contribution in [-0.2, 0) is 0 Å². The summed E-state index contributed by atoms with van der Waals surface area (Å²) in [6, 6.07) is 3.28. The molecule has 5 nitrogen and oxygen atoms in total. The lowest BCUT2D eigenvalue weighted by atomic mass is 9.87. The maximum atomic E-state index is 10.8. The second kappa shape index (κ2) is 5.25. The Bertz CT molecular complexity index is 402. The van der Waals surface area contributed by atoms with Crippen molar-refractivity contribution in [3.8, 4) is 0 Å². The smallest absolute Gasteiger partial charge is 0.354 e. The van der Waals surface area contributed by atoms with Gasteiger partial charge in [0.05, 0.1) is 0 Å². The molecule has 0 amide bonds. The van der Waals surface area contributed by atoms with Gasteiger partial charge in [-0.3, -0.25) is 0 Å². The van der Waals surface area contributed by atoms with Gasteiger partial charge in [-0.05, 0) is 49.5 Å². The number of carboxylic acid groups (broad SMARTS) is 1. The summed E-state index contributed by atoms with van der Waals surface area (Å²) in [5, 5.41) is 12.2. The Balaban J connectivity index is 2.14. The van der Waals surface area contributed by atoms with Crippen LogP contribution in [0.3, 0.4) is 0 Å². The molecule has 2 rings (SSSR count). The molecule has 1 aromatic rings. The Hall–Kier alpha value is -1.46. The van der Waals surface area contributed by atoms with E-state index in [0.29, 0.717) is 5.92 Å². The van der Waals surface area contributed by atoms with Gasteiger partial charge in [-0.2, -0.15) is 0 Å². The van der Waals surface area contributed by atoms with Gasteiger partial charge in [-0.1, -0.05) is 0 Å². The van der Waals surface area contributed by atoms with E-state index >= 15 is 0 Å². The van der Waals surface area contributed by atoms with Crippen LogP contribution in [0.25, 0.3) is 0 Å². The van der Waals surface area contributed by atoms with E-state index in [2.05, 4.69) is 10.3 Å². The van der Waals surface area contributed by atoms with Crippen molar-refractivity contribution in [2.45, 2.75) is 18.9 Å². The molecule has 1 aliphatic rings. The molecule has 1 fully saturated rings. The maximum absolute atomic E-state index is 10.8. The second-order valence-electron chi connectivity index (χ2n) is 4.39. The molecule has 5 heteroatoms. The number of nitrogens with zero attached hydrogens (tertiary/aromatic N) is 1. The lowest BCUT2D eigenvalue weighted by Crippen LogP contribution is -2.33. The first-order valence-electron chi connectivity index (χ1n) is 5.84. The number of carboxylic acids is 1. The van der Waals surface area contributed by atoms with E-state index in [-0.39, 0.29) is 11.7 Å². The predicted octanol–water partition coefficient (Wildman–Crippen LogP) is 0.779. The number of hydrogen-bond acceptors (Lipinski definition) is 4. The third kappa shape index (κ3) is 2.81. The zero-order valence-electron chi connectivity index (χ0n) is 9.60. The zero-order valence-corrected chi connectivity index (χ0v) is 9.60. The molecular formula is C12H17N3O2. The quantitative estimate of drug-likeness (QED) is 0.720. The molecule has 0 aromatic carbocycles. The summed E-state index contributed by atoms with van der Waals surface area (Å²) in [4.78, 5) is 14.6. The van der Waals surface area contributed by atoms with Crippen molar-refractivity contribution < 1.29 is 9.90 Å². The van der Waals surface area contributed by atoms with Gasteiger partial charge in [0, 0.05) is 12.2 Å². The number of hydrogen-bond donors (Lipinski definition) is 3. The number of nitrogens with one attached hydrogen (secondary N) is 1. The van der Waals surface area contributed by atoms with Crippen molar-refractivity contribution in [2.24, 2.45) is 11.7 Å². The molecule has 0 bridgehead atoms. The number of aromatic nitrogens is 1. The van der Waals surface area contributed by atoms with Crippen LogP contribution in [-0.4, -0.2) is 29.1 Å². The van der Waals surface area contributed by atoms with Gasteiger partial charge < -0.3 is 16.2 Å². The number of aromatic carboxylic acids is 1. The molecule has 2 heterocycles. The third-order valence-electron chi connectivity index (χ3n) is 3.28. The number of nitrogens with two attached hydrogens (primary N) is 1. The molecule has 1 atom stereocenters. The molecule has 0 radical (unpaired) electrons. The summed E-state index contributed by atoms with van der Waals surface area (Å²) < 4.78 is 0. The van der Waals surface area contributed by atoms with E-state index in [0.717, 1.165) is 31.5 Å². The predicted molar refractivity (Wildman–Crippen MR) is 63.7 cm³/mol. The van der Waals surface area contributed by atoms with Gasteiger partial charge in [0.15, 0.2) is 0 Å². The van der Waals surface area contributed by atoms with Crippen LogP contribution in [0.5, 0.6) is 0 Å². The molecular weight excluding hydrogens is 218 g/mol. The van der Waals surface area contributed by atoms with E-state index in [9.17, 15) is 4.79 Å². The summed E-state index contributed by atoms with van der Waals surface area (Å²) in [5.41, 5.74) is 7.12. The Morgan fingerprint density at radius 2 is 2.24 bits per heavy atom. The standard InChI is InChI=1S/C12H17N3O2/c13-11(8-1-4-14-5-2-8)9-3-6-15-10(7-9)12(16)17/h3,6-8,11,14H,1-2,4-5,13H2,(H,16,17). The van der Waals surface area contributed by atoms with E-state index in [1.807, 2.05) is 0 Å². The fourth-order valence-electron chi connectivity index (χ4n) is 2.25. The largest absolute Gasteiger partial charge is 0.477 e. The first-order valence-corrected chi connectivity index (χ1v) is 5.84. The molecule has 1 saturated heterocycles. The lowest BCUT2D eigenvalue weighted by molar-refractivity contribution is 0.0690. The van der Waals surface area contributed by atoms with Gasteiger partial charge >= 0.3 is 5.97 Å². The van der Waals surface area contributed by atoms with Crippen molar-refractivity contribution in [3.05, 3.63) is 29.6 Å². The van der Waals surface area contributed by atoms with E-state index in [4.69, 9.17) is 10.8 Å². The van der Waals surface area contributed by atoms with Crippen molar-refractivity contribution in [1.82, 2.24) is 10.3 Å². The Labute approximate surface area is 100 Å². The third-order valence-corrected chi connectivity index (χ3v) is 3.28. The van der Waals surface area contributed by atoms with Crippen LogP contribution in [0.1, 0.15) is 34.9 Å². The van der Waals surface area contributed by atoms with Gasteiger partial charge in [0.25, 0.3) is 0 Å². The van der Waals surface area contributed by atoms with Gasteiger partial charge in [-0.15, -0.1) is 0 Å². The molecule has 1 aromatic heterocycles. The van der Waals surface area contributed by atoms with E-state index in [1.54, 1.807) is 12.1 Å². The Kier molecular flexibility index (Phi) is 3.71. The Morgan fingerprint density at radius 1 is 1.53 bits per heavy atom. The minimum Gasteiger partial charge on any atom is -0.477 e. The highest BCUT2D eigenvalue weighted by atomic mass is 16.4. The molecule has 17 heavy (non-hydrogen) atoms. The van der Waals surface area contributed by atoms with Crippen LogP contribution in [0.15, 0.2) is 18.3 Å². The maximum Gasteiger partial charge on any atom is 0.354 e. The average Bonchev–Trinajstić information content (AvgIpc) is 2.39. The lowest BCUT2D eigenvalue weighted by Gasteiger charge is -2.28. The minimum absolute atomic E-state index is 0.0619. The first-order chi connectivity index (χ1) is 8.18. The van der Waals surface area contributed by atoms with Crippen molar-refractivity contribution >= 4 is 5.97 Å². The van der Waals surface area contributed by atoms with Gasteiger partial charge in [0.2, 0.25) is 0 Å². The second-order valence-corrected chi connectivity index (χ2v) is 4.39. The average molecular weight is 235 g/mol. The number of rotatable bonds is 3. The number of piperidine rings is 1. The molecule has 0 spiro atoms. The van der Waals surface area contributed by atoms with Crippen LogP contribution in [0.4, 0.5) is 0 Å². The van der Waals surface area contributed by atoms with Crippen LogP contribution in [0.2, 0.25) is 0 Å². The zero-order chi connectivity index (χ0) is 12.3. The summed E-state index contributed by atoms with van der Waals surface area (Å²) in [5.74, 6) is -0.593. The molecule has 1 aliphatic heterocycles. The van der Waals surface area contributed by atoms with Crippen LogP contribution in [0, 0.1) is 5.92 Å². The van der Waals surface area contributed by atoms with Crippen molar-refractivity contribution in [3.63, 3.8) is 0 Å². The highest BCUT2D eigenvalue weighted by molar-refractivity contribution is 5.85. The summed E-state index contributed by atoms with van der Waals surface area (Å²) in [6.07, 6.45) is 3.58. The molecule has 92 valence electrons. The highest BCUT2D eigenvalue weighted by Gasteiger charge is 2.22. The van der Waals surface area contributed by atoms with Crippen molar-refractivity contribution in [1.29, 1.82) is 0 Å². The number of carbonyl (C=O) groups is 1. The monoisotopic (exact) mass is 235 g/mol. The van der Waals surface area contributed by atoms with Crippen molar-refractivity contribution in [2.75, 3.05) is 13.1 Å². The van der Waals surface area contributed by atoms with E-state index < -0.39 is 5.97 Å². The van der Waals surface area contributed by atoms with E-state index in [1.165, 1.54) is 6.20 Å². The summed E-state index contributed by atoms with van der Waals surface area (Å²) >= 11 is 0. The fraction of sp³-hybridized carbons (Fsp3) is 0.500. The highest BCUT2D eigenvalue weighted by Crippen LogP contribution is 2.26. The molecule has 0 saturated carbocycles. The minimum atomic E-state index is -1.01. The molecule has 0 aliphatic carbocycles. The van der Waals surface area contributed by atoms with Crippen LogP contribution >= 0.6 is 0 Å². The molecule has 4 N–H and O–H groups in total. The normalized spacial score (nSPS) is 18.9. The van der Waals surface area contributed by atoms with Crippen LogP contribution < -0.4 is 11.1 Å². The Morgan fingerprint density at radius 3 is 2.88 bits per heavy atom.